The number of hydrogen-bond donors (Lipinski definition) is 0. The van der Waals surface area contributed by atoms with Crippen molar-refractivity contribution in [2.24, 2.45) is 4.99 Å². The van der Waals surface area contributed by atoms with Crippen molar-refractivity contribution in [3.63, 3.8) is 0 Å². The normalized spacial score (nSPS) is 12.1. The van der Waals surface area contributed by atoms with Gasteiger partial charge >= 0.3 is 0 Å². The van der Waals surface area contributed by atoms with Crippen molar-refractivity contribution >= 4 is 57.4 Å². The zero-order chi connectivity index (χ0) is 34.3. The number of benzene rings is 4. The molecule has 0 fully saturated rings. The van der Waals surface area contributed by atoms with Gasteiger partial charge in [-0.2, -0.15) is 0 Å². The lowest BCUT2D eigenvalue weighted by Crippen LogP contribution is -2.40. The zero-order valence-corrected chi connectivity index (χ0v) is 32.3. The summed E-state index contributed by atoms with van der Waals surface area (Å²) >= 11 is 21.2. The predicted molar refractivity (Wildman–Crippen MR) is 208 cm³/mol. The second-order valence-electron chi connectivity index (χ2n) is 13.8. The number of amidine groups is 1. The van der Waals surface area contributed by atoms with Gasteiger partial charge in [0.15, 0.2) is 5.17 Å². The molecule has 0 heterocycles. The maximum Gasteiger partial charge on any atom is 0.165 e. The second-order valence-corrected chi connectivity index (χ2v) is 15.9. The van der Waals surface area contributed by atoms with Crippen LogP contribution in [-0.2, 0) is 18.8 Å². The maximum absolute atomic E-state index is 6.72. The molecular weight excluding hydrogens is 661 g/mol. The van der Waals surface area contributed by atoms with E-state index in [1.807, 2.05) is 6.07 Å². The summed E-state index contributed by atoms with van der Waals surface area (Å²) in [6.07, 6.45) is 2.14. The molecule has 250 valence electrons. The number of nitrogens with zero attached hydrogens (tertiary/aromatic N) is 3. The number of aliphatic imine (C=N–C) groups is 1. The van der Waals surface area contributed by atoms with Gasteiger partial charge in [0, 0.05) is 24.4 Å². The van der Waals surface area contributed by atoms with Gasteiger partial charge in [-0.3, -0.25) is 0 Å². The average Bonchev–Trinajstić information content (AvgIpc) is 2.95. The molecule has 7 heteroatoms. The minimum absolute atomic E-state index is 0.331. The summed E-state index contributed by atoms with van der Waals surface area (Å²) in [6, 6.07) is 24.0. The Bertz CT molecular complexity index is 1670. The standard InChI is InChI=1S/C40H49Cl3N3S/c1-27-15-28(2)19-33(18-27)24-45(13-9-10-14-46(7,8)25-34-20-29(3)16-30(4)21-34)40(44-37-12-11-36(41)38(42)39(37)43)47-26-35-22-31(5)17-32(6)23-35/h11-12,15-23H,9-10,13-14,24-26H2,1-8H3/q+1. The van der Waals surface area contributed by atoms with Gasteiger partial charge in [0.25, 0.3) is 0 Å². The molecule has 0 radical (unpaired) electrons. The van der Waals surface area contributed by atoms with Crippen molar-refractivity contribution in [1.82, 2.24) is 4.90 Å². The first-order valence-corrected chi connectivity index (χ1v) is 18.4. The molecule has 0 bridgehead atoms. The molecule has 0 N–H and O–H groups in total. The monoisotopic (exact) mass is 708 g/mol. The minimum atomic E-state index is 0.331. The third kappa shape index (κ3) is 11.6. The summed E-state index contributed by atoms with van der Waals surface area (Å²) in [5.41, 5.74) is 12.3. The Hall–Kier alpha value is -2.47. The third-order valence-electron chi connectivity index (χ3n) is 8.14. The summed E-state index contributed by atoms with van der Waals surface area (Å²) in [6.45, 7) is 16.7. The van der Waals surface area contributed by atoms with Crippen molar-refractivity contribution in [2.75, 3.05) is 27.2 Å². The molecule has 0 unspecified atom stereocenters. The highest BCUT2D eigenvalue weighted by Gasteiger charge is 2.20. The highest BCUT2D eigenvalue weighted by molar-refractivity contribution is 8.13. The van der Waals surface area contributed by atoms with E-state index in [0.717, 1.165) is 54.4 Å². The number of aryl methyl sites for hydroxylation is 6. The van der Waals surface area contributed by atoms with E-state index in [-0.39, 0.29) is 0 Å². The topological polar surface area (TPSA) is 15.6 Å². The van der Waals surface area contributed by atoms with Gasteiger partial charge in [-0.15, -0.1) is 0 Å². The van der Waals surface area contributed by atoms with E-state index in [1.54, 1.807) is 17.8 Å². The molecule has 4 aromatic carbocycles. The van der Waals surface area contributed by atoms with Crippen LogP contribution in [0, 0.1) is 41.5 Å². The molecule has 47 heavy (non-hydrogen) atoms. The highest BCUT2D eigenvalue weighted by atomic mass is 35.5. The highest BCUT2D eigenvalue weighted by Crippen LogP contribution is 2.38. The number of thioether (sulfide) groups is 1. The van der Waals surface area contributed by atoms with Crippen LogP contribution in [0.5, 0.6) is 0 Å². The number of halogens is 3. The molecular formula is C40H49Cl3N3S+. The summed E-state index contributed by atoms with van der Waals surface area (Å²) in [5.74, 6) is 0.795. The zero-order valence-electron chi connectivity index (χ0n) is 29.2. The van der Waals surface area contributed by atoms with E-state index in [9.17, 15) is 0 Å². The van der Waals surface area contributed by atoms with Crippen molar-refractivity contribution in [2.45, 2.75) is 73.2 Å². The van der Waals surface area contributed by atoms with Crippen molar-refractivity contribution in [3.05, 3.63) is 132 Å². The molecule has 0 atom stereocenters. The summed E-state index contributed by atoms with van der Waals surface area (Å²) in [5, 5.41) is 2.06. The van der Waals surface area contributed by atoms with Crippen LogP contribution in [0.4, 0.5) is 5.69 Å². The summed E-state index contributed by atoms with van der Waals surface area (Å²) in [7, 11) is 4.67. The van der Waals surface area contributed by atoms with Gasteiger partial charge < -0.3 is 9.38 Å². The fourth-order valence-electron chi connectivity index (χ4n) is 6.40. The van der Waals surface area contributed by atoms with Crippen LogP contribution < -0.4 is 0 Å². The van der Waals surface area contributed by atoms with Crippen LogP contribution in [0.1, 0.15) is 62.9 Å². The third-order valence-corrected chi connectivity index (χ3v) is 10.5. The van der Waals surface area contributed by atoms with Gasteiger partial charge in [0.1, 0.15) is 6.54 Å². The molecule has 0 aromatic heterocycles. The Morgan fingerprint density at radius 2 is 1.17 bits per heavy atom. The Labute approximate surface area is 302 Å². The smallest absolute Gasteiger partial charge is 0.165 e. The lowest BCUT2D eigenvalue weighted by Gasteiger charge is -2.31. The largest absolute Gasteiger partial charge is 0.347 e. The quantitative estimate of drug-likeness (QED) is 0.0478. The Kier molecular flexibility index (Phi) is 13.3. The van der Waals surface area contributed by atoms with Gasteiger partial charge in [-0.1, -0.05) is 135 Å². The van der Waals surface area contributed by atoms with E-state index in [2.05, 4.69) is 115 Å². The first kappa shape index (κ1) is 37.4. The van der Waals surface area contributed by atoms with Crippen LogP contribution >= 0.6 is 46.6 Å². The van der Waals surface area contributed by atoms with Gasteiger partial charge in [-0.05, 0) is 77.6 Å². The number of unbranched alkanes of at least 4 members (excludes halogenated alkanes) is 1. The van der Waals surface area contributed by atoms with Gasteiger partial charge in [0.2, 0.25) is 0 Å². The summed E-state index contributed by atoms with van der Waals surface area (Å²) < 4.78 is 0.946. The van der Waals surface area contributed by atoms with E-state index >= 15 is 0 Å². The fourth-order valence-corrected chi connectivity index (χ4v) is 7.94. The average molecular weight is 710 g/mol. The van der Waals surface area contributed by atoms with E-state index in [1.165, 1.54) is 50.1 Å². The Morgan fingerprint density at radius 1 is 0.660 bits per heavy atom. The lowest BCUT2D eigenvalue weighted by atomic mass is 10.1. The molecule has 0 saturated heterocycles. The van der Waals surface area contributed by atoms with Crippen LogP contribution in [0.15, 0.2) is 71.7 Å². The summed E-state index contributed by atoms with van der Waals surface area (Å²) in [4.78, 5) is 7.61. The second kappa shape index (κ2) is 16.8. The molecule has 0 aliphatic rings. The molecule has 4 rings (SSSR count). The number of hydrogen-bond acceptors (Lipinski definition) is 2. The SMILES string of the molecule is Cc1cc(C)cc(CSC(=Nc2ccc(Cl)c(Cl)c2Cl)N(CCCC[N+](C)(C)Cc2cc(C)cc(C)c2)Cc2cc(C)cc(C)c2)c1. The lowest BCUT2D eigenvalue weighted by molar-refractivity contribution is -0.903. The van der Waals surface area contributed by atoms with E-state index in [0.29, 0.717) is 20.8 Å². The fraction of sp³-hybridized carbons (Fsp3) is 0.375. The predicted octanol–water partition coefficient (Wildman–Crippen LogP) is 12.0. The molecule has 0 saturated carbocycles. The first-order chi connectivity index (χ1) is 22.2. The number of rotatable bonds is 12. The van der Waals surface area contributed by atoms with Crippen LogP contribution in [-0.4, -0.2) is 41.7 Å². The molecule has 0 spiro atoms. The molecule has 0 aliphatic heterocycles. The Balaban J connectivity index is 1.62. The van der Waals surface area contributed by atoms with Crippen LogP contribution in [0.25, 0.3) is 0 Å². The minimum Gasteiger partial charge on any atom is -0.347 e. The van der Waals surface area contributed by atoms with Crippen molar-refractivity contribution < 1.29 is 4.48 Å². The van der Waals surface area contributed by atoms with E-state index < -0.39 is 0 Å². The van der Waals surface area contributed by atoms with Gasteiger partial charge in [-0.25, -0.2) is 4.99 Å². The number of quaternary nitrogens is 1. The molecule has 0 aliphatic carbocycles. The first-order valence-electron chi connectivity index (χ1n) is 16.3. The van der Waals surface area contributed by atoms with Crippen molar-refractivity contribution in [3.8, 4) is 0 Å². The van der Waals surface area contributed by atoms with Crippen molar-refractivity contribution in [1.29, 1.82) is 0 Å². The maximum atomic E-state index is 6.72. The Morgan fingerprint density at radius 3 is 1.72 bits per heavy atom. The van der Waals surface area contributed by atoms with Crippen LogP contribution in [0.2, 0.25) is 15.1 Å². The van der Waals surface area contributed by atoms with E-state index in [4.69, 9.17) is 39.8 Å². The molecule has 4 aromatic rings. The molecule has 3 nitrogen and oxygen atoms in total. The van der Waals surface area contributed by atoms with Gasteiger partial charge in [0.05, 0.1) is 41.4 Å². The van der Waals surface area contributed by atoms with Crippen LogP contribution in [0.3, 0.4) is 0 Å². The molecule has 0 amide bonds.